The Morgan fingerprint density at radius 2 is 1.73 bits per heavy atom. The molecule has 1 atom stereocenters. The fourth-order valence-corrected chi connectivity index (χ4v) is 6.04. The molecule has 1 unspecified atom stereocenters. The maximum Gasteiger partial charge on any atom is 0.248 e. The van der Waals surface area contributed by atoms with E-state index in [4.69, 9.17) is 0 Å². The third kappa shape index (κ3) is 3.73. The van der Waals surface area contributed by atoms with Gasteiger partial charge in [0.2, 0.25) is 11.8 Å². The highest BCUT2D eigenvalue weighted by Gasteiger charge is 2.42. The molecule has 5 rings (SSSR count). The average molecular weight is 405 g/mol. The molecule has 4 aliphatic rings. The Morgan fingerprint density at radius 3 is 2.47 bits per heavy atom. The normalized spacial score (nSPS) is 24.4. The lowest BCUT2D eigenvalue weighted by molar-refractivity contribution is -0.137. The second-order valence-electron chi connectivity index (χ2n) is 9.71. The minimum absolute atomic E-state index is 0.0233. The molecule has 1 heterocycles. The van der Waals surface area contributed by atoms with Gasteiger partial charge >= 0.3 is 0 Å². The highest BCUT2D eigenvalue weighted by molar-refractivity contribution is 5.96. The maximum atomic E-state index is 13.5. The minimum Gasteiger partial charge on any atom is -0.351 e. The lowest BCUT2D eigenvalue weighted by atomic mass is 9.85. The number of amides is 2. The van der Waals surface area contributed by atoms with Crippen LogP contribution in [0.1, 0.15) is 75.8 Å². The molecule has 30 heavy (non-hydrogen) atoms. The van der Waals surface area contributed by atoms with Crippen molar-refractivity contribution in [2.75, 3.05) is 6.54 Å². The maximum absolute atomic E-state index is 13.5. The van der Waals surface area contributed by atoms with Crippen molar-refractivity contribution in [3.8, 4) is 0 Å². The Labute approximate surface area is 179 Å². The van der Waals surface area contributed by atoms with E-state index < -0.39 is 6.04 Å². The van der Waals surface area contributed by atoms with Crippen LogP contribution in [0.4, 0.5) is 0 Å². The predicted molar refractivity (Wildman–Crippen MR) is 118 cm³/mol. The van der Waals surface area contributed by atoms with Crippen molar-refractivity contribution in [2.24, 2.45) is 5.41 Å². The van der Waals surface area contributed by atoms with Gasteiger partial charge < -0.3 is 10.2 Å². The van der Waals surface area contributed by atoms with E-state index in [1.165, 1.54) is 56.1 Å². The van der Waals surface area contributed by atoms with E-state index in [1.807, 2.05) is 36.4 Å². The second kappa shape index (κ2) is 8.05. The first-order valence-electron chi connectivity index (χ1n) is 11.7. The first-order chi connectivity index (χ1) is 14.6. The highest BCUT2D eigenvalue weighted by atomic mass is 16.2. The van der Waals surface area contributed by atoms with Gasteiger partial charge in [-0.25, -0.2) is 0 Å². The zero-order valence-electron chi connectivity index (χ0n) is 17.7. The van der Waals surface area contributed by atoms with Gasteiger partial charge in [0, 0.05) is 18.7 Å². The van der Waals surface area contributed by atoms with Crippen molar-refractivity contribution < 1.29 is 9.59 Å². The minimum atomic E-state index is -0.570. The van der Waals surface area contributed by atoms with Crippen molar-refractivity contribution in [3.05, 3.63) is 59.2 Å². The van der Waals surface area contributed by atoms with Gasteiger partial charge in [0.15, 0.2) is 0 Å². The topological polar surface area (TPSA) is 49.4 Å². The Morgan fingerprint density at radius 1 is 1.00 bits per heavy atom. The summed E-state index contributed by atoms with van der Waals surface area (Å²) in [5.74, 6) is -0.0580. The van der Waals surface area contributed by atoms with Gasteiger partial charge in [-0.15, -0.1) is 0 Å². The quantitative estimate of drug-likeness (QED) is 0.781. The highest BCUT2D eigenvalue weighted by Crippen LogP contribution is 2.52. The van der Waals surface area contributed by atoms with Gasteiger partial charge in [-0.05, 0) is 54.2 Å². The molecule has 158 valence electrons. The molecule has 2 saturated carbocycles. The molecule has 2 amide bonds. The summed E-state index contributed by atoms with van der Waals surface area (Å²) >= 11 is 0. The van der Waals surface area contributed by atoms with E-state index in [9.17, 15) is 9.59 Å². The average Bonchev–Trinajstić information content (AvgIpc) is 3.35. The zero-order chi connectivity index (χ0) is 20.6. The number of allylic oxidation sites excluding steroid dienone is 1. The molecule has 1 aromatic carbocycles. The van der Waals surface area contributed by atoms with Crippen LogP contribution in [-0.2, 0) is 9.59 Å². The number of fused-ring (bicyclic) bond motifs is 1. The second-order valence-corrected chi connectivity index (χ2v) is 9.71. The van der Waals surface area contributed by atoms with E-state index >= 15 is 0 Å². The van der Waals surface area contributed by atoms with E-state index in [2.05, 4.69) is 11.4 Å². The van der Waals surface area contributed by atoms with Crippen molar-refractivity contribution in [1.29, 1.82) is 0 Å². The van der Waals surface area contributed by atoms with Crippen LogP contribution < -0.4 is 5.32 Å². The molecule has 1 aliphatic heterocycles. The SMILES string of the molecule is O=C(NC1CCCCC1)C(c1ccccc1)N1CC2=CC3(CCCC3)CC2=CC1=O. The van der Waals surface area contributed by atoms with Crippen LogP contribution in [-0.4, -0.2) is 29.3 Å². The number of carbonyl (C=O) groups excluding carboxylic acids is 2. The first kappa shape index (κ1) is 19.6. The standard InChI is InChI=1S/C26H32N2O2/c29-23-15-20-16-26(13-7-8-14-26)17-21(20)18-28(23)24(19-9-3-1-4-10-19)25(30)27-22-11-5-2-6-12-22/h1,3-4,9-10,15,17,22,24H,2,5-8,11-14,16,18H2,(H,27,30). The molecule has 3 aliphatic carbocycles. The predicted octanol–water partition coefficient (Wildman–Crippen LogP) is 4.84. The van der Waals surface area contributed by atoms with Gasteiger partial charge in [0.05, 0.1) is 0 Å². The number of rotatable bonds is 4. The molecule has 0 radical (unpaired) electrons. The van der Waals surface area contributed by atoms with Crippen LogP contribution in [0, 0.1) is 5.41 Å². The lowest BCUT2D eigenvalue weighted by Gasteiger charge is -2.35. The summed E-state index contributed by atoms with van der Waals surface area (Å²) in [5, 5.41) is 3.27. The van der Waals surface area contributed by atoms with E-state index in [0.29, 0.717) is 6.54 Å². The van der Waals surface area contributed by atoms with Gasteiger partial charge in [0.1, 0.15) is 6.04 Å². The summed E-state index contributed by atoms with van der Waals surface area (Å²) in [5.41, 5.74) is 3.63. The summed E-state index contributed by atoms with van der Waals surface area (Å²) in [7, 11) is 0. The monoisotopic (exact) mass is 404 g/mol. The van der Waals surface area contributed by atoms with E-state index in [0.717, 1.165) is 24.8 Å². The third-order valence-electron chi connectivity index (χ3n) is 7.58. The van der Waals surface area contributed by atoms with Gasteiger partial charge in [-0.2, -0.15) is 0 Å². The molecule has 2 fully saturated rings. The van der Waals surface area contributed by atoms with Gasteiger partial charge in [0.25, 0.3) is 0 Å². The molecule has 0 bridgehead atoms. The smallest absolute Gasteiger partial charge is 0.248 e. The van der Waals surface area contributed by atoms with Crippen LogP contribution >= 0.6 is 0 Å². The summed E-state index contributed by atoms with van der Waals surface area (Å²) in [6.07, 6.45) is 16.0. The van der Waals surface area contributed by atoms with Crippen molar-refractivity contribution >= 4 is 11.8 Å². The van der Waals surface area contributed by atoms with Gasteiger partial charge in [-0.1, -0.05) is 68.5 Å². The summed E-state index contributed by atoms with van der Waals surface area (Å²) in [4.78, 5) is 28.4. The molecule has 0 saturated heterocycles. The zero-order valence-corrected chi connectivity index (χ0v) is 17.7. The van der Waals surface area contributed by atoms with Crippen LogP contribution in [0.15, 0.2) is 53.6 Å². The van der Waals surface area contributed by atoms with Crippen molar-refractivity contribution in [1.82, 2.24) is 10.2 Å². The molecule has 1 aromatic rings. The first-order valence-corrected chi connectivity index (χ1v) is 11.7. The Kier molecular flexibility index (Phi) is 5.26. The molecular weight excluding hydrogens is 372 g/mol. The largest absolute Gasteiger partial charge is 0.351 e. The summed E-state index contributed by atoms with van der Waals surface area (Å²) in [6.45, 7) is 0.546. The third-order valence-corrected chi connectivity index (χ3v) is 7.58. The molecule has 1 spiro atoms. The molecule has 0 aromatic heterocycles. The Bertz CT molecular complexity index is 874. The summed E-state index contributed by atoms with van der Waals surface area (Å²) in [6, 6.07) is 9.47. The molecular formula is C26H32N2O2. The van der Waals surface area contributed by atoms with Crippen LogP contribution in [0.3, 0.4) is 0 Å². The van der Waals surface area contributed by atoms with Crippen LogP contribution in [0.25, 0.3) is 0 Å². The van der Waals surface area contributed by atoms with Crippen molar-refractivity contribution in [2.45, 2.75) is 76.3 Å². The van der Waals surface area contributed by atoms with Crippen LogP contribution in [0.5, 0.6) is 0 Å². The lowest BCUT2D eigenvalue weighted by Crippen LogP contribution is -2.48. The Balaban J connectivity index is 1.43. The van der Waals surface area contributed by atoms with Crippen LogP contribution in [0.2, 0.25) is 0 Å². The number of carbonyl (C=O) groups is 2. The van der Waals surface area contributed by atoms with E-state index in [1.54, 1.807) is 4.90 Å². The molecule has 4 heteroatoms. The van der Waals surface area contributed by atoms with Gasteiger partial charge in [-0.3, -0.25) is 9.59 Å². The molecule has 1 N–H and O–H groups in total. The number of benzene rings is 1. The molecule has 4 nitrogen and oxygen atoms in total. The number of nitrogens with one attached hydrogen (secondary N) is 1. The van der Waals surface area contributed by atoms with Crippen molar-refractivity contribution in [3.63, 3.8) is 0 Å². The fourth-order valence-electron chi connectivity index (χ4n) is 6.04. The number of hydrogen-bond acceptors (Lipinski definition) is 2. The summed E-state index contributed by atoms with van der Waals surface area (Å²) < 4.78 is 0. The number of nitrogens with zero attached hydrogens (tertiary/aromatic N) is 1. The van der Waals surface area contributed by atoms with E-state index in [-0.39, 0.29) is 23.3 Å². The number of hydrogen-bond donors (Lipinski definition) is 1. The fraction of sp³-hybridized carbons (Fsp3) is 0.538. The Hall–Kier alpha value is -2.36.